The highest BCUT2D eigenvalue weighted by Crippen LogP contribution is 2.38. The van der Waals surface area contributed by atoms with Crippen molar-refractivity contribution in [1.82, 2.24) is 10.2 Å². The van der Waals surface area contributed by atoms with Gasteiger partial charge in [0.2, 0.25) is 11.8 Å². The third-order valence-corrected chi connectivity index (χ3v) is 7.44. The molecule has 2 rings (SSSR count). The number of carbonyl (C=O) groups excluding carboxylic acids is 2. The van der Waals surface area contributed by atoms with Crippen molar-refractivity contribution in [3.8, 4) is 6.07 Å². The zero-order valence-electron chi connectivity index (χ0n) is 15.3. The van der Waals surface area contributed by atoms with Crippen LogP contribution in [-0.2, 0) is 24.2 Å². The topological polar surface area (TPSA) is 117 Å². The van der Waals surface area contributed by atoms with Crippen LogP contribution in [-0.4, -0.2) is 69.0 Å². The minimum atomic E-state index is -3.38. The van der Waals surface area contributed by atoms with E-state index in [4.69, 9.17) is 10.00 Å². The minimum absolute atomic E-state index is 0.0140. The van der Waals surface area contributed by atoms with Crippen LogP contribution in [0.4, 0.5) is 0 Å². The number of hydrogen-bond acceptors (Lipinski definition) is 6. The van der Waals surface area contributed by atoms with Crippen molar-refractivity contribution in [3.63, 3.8) is 0 Å². The van der Waals surface area contributed by atoms with Gasteiger partial charge < -0.3 is 15.0 Å². The number of sulfone groups is 1. The number of morpholine rings is 1. The highest BCUT2D eigenvalue weighted by Gasteiger charge is 2.48. The van der Waals surface area contributed by atoms with Gasteiger partial charge in [-0.05, 0) is 18.8 Å². The molecule has 1 aliphatic carbocycles. The average molecular weight is 385 g/mol. The largest absolute Gasteiger partial charge is 0.378 e. The third kappa shape index (κ3) is 4.95. The van der Waals surface area contributed by atoms with Gasteiger partial charge in [-0.15, -0.1) is 0 Å². The van der Waals surface area contributed by atoms with E-state index in [-0.39, 0.29) is 37.0 Å². The van der Waals surface area contributed by atoms with Gasteiger partial charge in [0.15, 0.2) is 9.84 Å². The van der Waals surface area contributed by atoms with Crippen LogP contribution >= 0.6 is 0 Å². The van der Waals surface area contributed by atoms with E-state index in [1.165, 1.54) is 0 Å². The van der Waals surface area contributed by atoms with Crippen LogP contribution in [0.25, 0.3) is 0 Å². The standard InChI is InChI=1S/C17H27N3O5S/c1-12(2)11-26(23,24)13-9-14(16(21)19-4-3-18)15(10-13)17(22)20-5-7-25-8-6-20/h12-15H,4-11H2,1-2H3,(H,19,21)/t13-,14-,15-/m1/s1. The maximum absolute atomic E-state index is 12.9. The molecule has 0 bridgehead atoms. The number of nitrogens with zero attached hydrogens (tertiary/aromatic N) is 2. The summed E-state index contributed by atoms with van der Waals surface area (Å²) in [7, 11) is -3.38. The van der Waals surface area contributed by atoms with E-state index in [0.717, 1.165) is 0 Å². The quantitative estimate of drug-likeness (QED) is 0.641. The number of hydrogen-bond donors (Lipinski definition) is 1. The van der Waals surface area contributed by atoms with E-state index in [0.29, 0.717) is 26.3 Å². The molecule has 1 aliphatic heterocycles. The van der Waals surface area contributed by atoms with Gasteiger partial charge in [-0.25, -0.2) is 8.42 Å². The second-order valence-electron chi connectivity index (χ2n) is 7.34. The highest BCUT2D eigenvalue weighted by atomic mass is 32.2. The molecular weight excluding hydrogens is 358 g/mol. The molecule has 2 aliphatic rings. The van der Waals surface area contributed by atoms with E-state index in [9.17, 15) is 18.0 Å². The summed E-state index contributed by atoms with van der Waals surface area (Å²) in [5, 5.41) is 10.5. The first-order valence-corrected chi connectivity index (χ1v) is 10.7. The molecule has 0 aromatic rings. The van der Waals surface area contributed by atoms with Crippen LogP contribution < -0.4 is 5.32 Å². The number of nitrogens with one attached hydrogen (secondary N) is 1. The summed E-state index contributed by atoms with van der Waals surface area (Å²) < 4.78 is 30.5. The number of ether oxygens (including phenoxy) is 1. The number of amides is 2. The molecule has 2 amide bonds. The molecule has 1 saturated carbocycles. The first-order valence-electron chi connectivity index (χ1n) is 8.99. The molecule has 0 radical (unpaired) electrons. The zero-order valence-corrected chi connectivity index (χ0v) is 16.1. The molecule has 0 aromatic heterocycles. The van der Waals surface area contributed by atoms with Gasteiger partial charge >= 0.3 is 0 Å². The SMILES string of the molecule is CC(C)CS(=O)(=O)[C@@H]1C[C@@H](C(=O)NCC#N)[C@H](C(=O)N2CCOCC2)C1. The third-order valence-electron chi connectivity index (χ3n) is 4.91. The second-order valence-corrected chi connectivity index (χ2v) is 9.67. The van der Waals surface area contributed by atoms with Crippen molar-refractivity contribution in [1.29, 1.82) is 5.26 Å². The van der Waals surface area contributed by atoms with E-state index in [2.05, 4.69) is 5.32 Å². The maximum atomic E-state index is 12.9. The normalized spacial score (nSPS) is 26.5. The maximum Gasteiger partial charge on any atom is 0.226 e. The zero-order chi connectivity index (χ0) is 19.3. The predicted octanol–water partition coefficient (Wildman–Crippen LogP) is -0.0494. The predicted molar refractivity (Wildman–Crippen MR) is 94.6 cm³/mol. The molecule has 9 heteroatoms. The Balaban J connectivity index is 2.19. The minimum Gasteiger partial charge on any atom is -0.378 e. The lowest BCUT2D eigenvalue weighted by molar-refractivity contribution is -0.144. The molecular formula is C17H27N3O5S. The van der Waals surface area contributed by atoms with Gasteiger partial charge in [-0.3, -0.25) is 9.59 Å². The van der Waals surface area contributed by atoms with Gasteiger partial charge in [-0.2, -0.15) is 5.26 Å². The lowest BCUT2D eigenvalue weighted by Crippen LogP contribution is -2.46. The summed E-state index contributed by atoms with van der Waals surface area (Å²) in [4.78, 5) is 27.0. The first kappa shape index (κ1) is 20.6. The Morgan fingerprint density at radius 1 is 1.23 bits per heavy atom. The van der Waals surface area contributed by atoms with Crippen LogP contribution in [0, 0.1) is 29.1 Å². The van der Waals surface area contributed by atoms with Crippen LogP contribution in [0.3, 0.4) is 0 Å². The van der Waals surface area contributed by atoms with Gasteiger partial charge in [-0.1, -0.05) is 13.8 Å². The molecule has 1 N–H and O–H groups in total. The fraction of sp³-hybridized carbons (Fsp3) is 0.824. The lowest BCUT2D eigenvalue weighted by Gasteiger charge is -2.30. The fourth-order valence-electron chi connectivity index (χ4n) is 3.72. The molecule has 0 spiro atoms. The van der Waals surface area contributed by atoms with Gasteiger partial charge in [0.25, 0.3) is 0 Å². The Kier molecular flexibility index (Phi) is 7.01. The Morgan fingerprint density at radius 2 is 1.85 bits per heavy atom. The van der Waals surface area contributed by atoms with Crippen molar-refractivity contribution >= 4 is 21.7 Å². The molecule has 0 aromatic carbocycles. The fourth-order valence-corrected chi connectivity index (χ4v) is 5.93. The molecule has 146 valence electrons. The average Bonchev–Trinajstić information content (AvgIpc) is 3.05. The first-order chi connectivity index (χ1) is 12.3. The van der Waals surface area contributed by atoms with E-state index >= 15 is 0 Å². The Bertz CT molecular complexity index is 664. The Morgan fingerprint density at radius 3 is 2.42 bits per heavy atom. The summed E-state index contributed by atoms with van der Waals surface area (Å²) in [6, 6.07) is 1.83. The Hall–Kier alpha value is -1.66. The molecule has 2 fully saturated rings. The van der Waals surface area contributed by atoms with Crippen molar-refractivity contribution < 1.29 is 22.7 Å². The molecule has 1 heterocycles. The van der Waals surface area contributed by atoms with Crippen molar-refractivity contribution in [2.24, 2.45) is 17.8 Å². The van der Waals surface area contributed by atoms with Crippen LogP contribution in [0.1, 0.15) is 26.7 Å². The lowest BCUT2D eigenvalue weighted by atomic mass is 9.93. The van der Waals surface area contributed by atoms with Gasteiger partial charge in [0.05, 0.1) is 42.1 Å². The van der Waals surface area contributed by atoms with Crippen LogP contribution in [0.15, 0.2) is 0 Å². The monoisotopic (exact) mass is 385 g/mol. The number of rotatable bonds is 6. The van der Waals surface area contributed by atoms with E-state index < -0.39 is 32.8 Å². The summed E-state index contributed by atoms with van der Waals surface area (Å²) in [6.07, 6.45) is 0.295. The smallest absolute Gasteiger partial charge is 0.226 e. The van der Waals surface area contributed by atoms with Crippen molar-refractivity contribution in [3.05, 3.63) is 0 Å². The van der Waals surface area contributed by atoms with E-state index in [1.54, 1.807) is 4.90 Å². The van der Waals surface area contributed by atoms with Crippen LogP contribution in [0.2, 0.25) is 0 Å². The molecule has 26 heavy (non-hydrogen) atoms. The van der Waals surface area contributed by atoms with E-state index in [1.807, 2.05) is 19.9 Å². The summed E-state index contributed by atoms with van der Waals surface area (Å²) >= 11 is 0. The number of carbonyl (C=O) groups is 2. The van der Waals surface area contributed by atoms with Crippen molar-refractivity contribution in [2.75, 3.05) is 38.6 Å². The summed E-state index contributed by atoms with van der Waals surface area (Å²) in [6.45, 7) is 5.30. The molecule has 0 unspecified atom stereocenters. The summed E-state index contributed by atoms with van der Waals surface area (Å²) in [5.41, 5.74) is 0. The summed E-state index contributed by atoms with van der Waals surface area (Å²) in [5.74, 6) is -1.96. The van der Waals surface area contributed by atoms with Gasteiger partial charge in [0.1, 0.15) is 6.54 Å². The van der Waals surface area contributed by atoms with Crippen molar-refractivity contribution in [2.45, 2.75) is 31.9 Å². The molecule has 1 saturated heterocycles. The highest BCUT2D eigenvalue weighted by molar-refractivity contribution is 7.92. The van der Waals surface area contributed by atoms with Gasteiger partial charge in [0, 0.05) is 13.1 Å². The van der Waals surface area contributed by atoms with Crippen LogP contribution in [0.5, 0.6) is 0 Å². The second kappa shape index (κ2) is 8.82. The number of nitriles is 1. The molecule has 3 atom stereocenters. The Labute approximate surface area is 154 Å². The molecule has 8 nitrogen and oxygen atoms in total.